The van der Waals surface area contributed by atoms with Gasteiger partial charge in [-0.2, -0.15) is 11.8 Å². The van der Waals surface area contributed by atoms with E-state index in [-0.39, 0.29) is 5.54 Å². The summed E-state index contributed by atoms with van der Waals surface area (Å²) in [6, 6.07) is 6.44. The average molecular weight is 315 g/mol. The Bertz CT molecular complexity index is 369. The number of aryl methyl sites for hydroxylation is 1. The highest BCUT2D eigenvalue weighted by Crippen LogP contribution is 2.31. The van der Waals surface area contributed by atoms with E-state index in [1.165, 1.54) is 22.8 Å². The summed E-state index contributed by atoms with van der Waals surface area (Å²) in [7, 11) is 0. The van der Waals surface area contributed by atoms with E-state index >= 15 is 0 Å². The van der Waals surface area contributed by atoms with Crippen molar-refractivity contribution in [2.45, 2.75) is 25.3 Å². The van der Waals surface area contributed by atoms with Crippen LogP contribution in [0.4, 0.5) is 5.69 Å². The van der Waals surface area contributed by atoms with Crippen molar-refractivity contribution < 1.29 is 0 Å². The van der Waals surface area contributed by atoms with Crippen LogP contribution < -0.4 is 11.1 Å². The number of benzene rings is 1. The molecule has 1 saturated heterocycles. The summed E-state index contributed by atoms with van der Waals surface area (Å²) < 4.78 is 1.12. The van der Waals surface area contributed by atoms with Gasteiger partial charge in [-0.05, 0) is 55.0 Å². The second kappa shape index (κ2) is 5.63. The number of thioether (sulfide) groups is 1. The molecule has 0 aromatic heterocycles. The minimum absolute atomic E-state index is 0.0957. The Morgan fingerprint density at radius 3 is 2.65 bits per heavy atom. The number of nitrogens with two attached hydrogens (primary N) is 1. The van der Waals surface area contributed by atoms with E-state index < -0.39 is 0 Å². The highest BCUT2D eigenvalue weighted by Gasteiger charge is 2.30. The predicted molar refractivity (Wildman–Crippen MR) is 80.8 cm³/mol. The molecular formula is C13H19BrN2S. The minimum Gasteiger partial charge on any atom is -0.378 e. The van der Waals surface area contributed by atoms with Gasteiger partial charge in [0.1, 0.15) is 0 Å². The van der Waals surface area contributed by atoms with Crippen molar-refractivity contribution in [1.29, 1.82) is 0 Å². The van der Waals surface area contributed by atoms with Crippen LogP contribution in [0.5, 0.6) is 0 Å². The molecule has 3 N–H and O–H groups in total. The Morgan fingerprint density at radius 2 is 2.06 bits per heavy atom. The van der Waals surface area contributed by atoms with Gasteiger partial charge in [-0.3, -0.25) is 0 Å². The fraction of sp³-hybridized carbons (Fsp3) is 0.538. The van der Waals surface area contributed by atoms with Gasteiger partial charge in [-0.25, -0.2) is 0 Å². The van der Waals surface area contributed by atoms with Crippen LogP contribution in [-0.4, -0.2) is 23.6 Å². The molecule has 94 valence electrons. The number of anilines is 1. The van der Waals surface area contributed by atoms with Gasteiger partial charge in [0.2, 0.25) is 0 Å². The third kappa shape index (κ3) is 3.39. The second-order valence-electron chi connectivity index (χ2n) is 4.74. The number of halogens is 1. The summed E-state index contributed by atoms with van der Waals surface area (Å²) >= 11 is 5.57. The predicted octanol–water partition coefficient (Wildman–Crippen LogP) is 3.39. The standard InChI is InChI=1S/C13H19BrN2S/c1-10-6-11(14)8-12(7-10)16-13(9-15)2-4-17-5-3-13/h6-8,16H,2-5,9,15H2,1H3. The van der Waals surface area contributed by atoms with Crippen molar-refractivity contribution in [3.8, 4) is 0 Å². The highest BCUT2D eigenvalue weighted by atomic mass is 79.9. The lowest BCUT2D eigenvalue weighted by Crippen LogP contribution is -2.48. The van der Waals surface area contributed by atoms with E-state index in [9.17, 15) is 0 Å². The molecular weight excluding hydrogens is 296 g/mol. The first-order valence-corrected chi connectivity index (χ1v) is 7.91. The normalized spacial score (nSPS) is 19.0. The first-order chi connectivity index (χ1) is 8.13. The SMILES string of the molecule is Cc1cc(Br)cc(NC2(CN)CCSCC2)c1. The van der Waals surface area contributed by atoms with Gasteiger partial charge in [-0.1, -0.05) is 15.9 Å². The zero-order chi connectivity index (χ0) is 12.3. The van der Waals surface area contributed by atoms with Crippen LogP contribution in [0.1, 0.15) is 18.4 Å². The molecule has 1 fully saturated rings. The van der Waals surface area contributed by atoms with Gasteiger partial charge in [0.05, 0.1) is 5.54 Å². The second-order valence-corrected chi connectivity index (χ2v) is 6.88. The minimum atomic E-state index is 0.0957. The van der Waals surface area contributed by atoms with Gasteiger partial charge in [0.15, 0.2) is 0 Å². The molecule has 0 spiro atoms. The lowest BCUT2D eigenvalue weighted by molar-refractivity contribution is 0.443. The summed E-state index contributed by atoms with van der Waals surface area (Å²) in [6.07, 6.45) is 2.31. The Kier molecular flexibility index (Phi) is 4.39. The van der Waals surface area contributed by atoms with Gasteiger partial charge in [0, 0.05) is 16.7 Å². The summed E-state index contributed by atoms with van der Waals surface area (Å²) in [4.78, 5) is 0. The fourth-order valence-electron chi connectivity index (χ4n) is 2.26. The molecule has 4 heteroatoms. The molecule has 17 heavy (non-hydrogen) atoms. The highest BCUT2D eigenvalue weighted by molar-refractivity contribution is 9.10. The van der Waals surface area contributed by atoms with E-state index in [4.69, 9.17) is 5.73 Å². The maximum absolute atomic E-state index is 5.98. The smallest absolute Gasteiger partial charge is 0.0511 e. The molecule has 1 heterocycles. The van der Waals surface area contributed by atoms with Crippen LogP contribution in [0.25, 0.3) is 0 Å². The summed E-state index contributed by atoms with van der Waals surface area (Å²) in [5.74, 6) is 2.41. The molecule has 0 amide bonds. The molecule has 1 aliphatic rings. The van der Waals surface area contributed by atoms with Crippen LogP contribution in [-0.2, 0) is 0 Å². The molecule has 0 aliphatic carbocycles. The molecule has 0 atom stereocenters. The number of nitrogens with one attached hydrogen (secondary N) is 1. The first kappa shape index (κ1) is 13.2. The van der Waals surface area contributed by atoms with Crippen LogP contribution in [0.3, 0.4) is 0 Å². The third-order valence-corrected chi connectivity index (χ3v) is 4.74. The Labute approximate surface area is 116 Å². The summed E-state index contributed by atoms with van der Waals surface area (Å²) in [5.41, 5.74) is 8.51. The zero-order valence-electron chi connectivity index (χ0n) is 10.1. The quantitative estimate of drug-likeness (QED) is 0.898. The molecule has 0 bridgehead atoms. The maximum Gasteiger partial charge on any atom is 0.0511 e. The van der Waals surface area contributed by atoms with Gasteiger partial charge >= 0.3 is 0 Å². The lowest BCUT2D eigenvalue weighted by Gasteiger charge is -2.38. The molecule has 0 radical (unpaired) electrons. The molecule has 0 saturated carbocycles. The lowest BCUT2D eigenvalue weighted by atomic mass is 9.92. The van der Waals surface area contributed by atoms with E-state index in [1.807, 2.05) is 11.8 Å². The average Bonchev–Trinajstić information content (AvgIpc) is 2.29. The van der Waals surface area contributed by atoms with Crippen molar-refractivity contribution in [2.75, 3.05) is 23.4 Å². The van der Waals surface area contributed by atoms with E-state index in [1.54, 1.807) is 0 Å². The molecule has 1 aliphatic heterocycles. The van der Waals surface area contributed by atoms with Crippen molar-refractivity contribution >= 4 is 33.4 Å². The summed E-state index contributed by atoms with van der Waals surface area (Å²) in [5, 5.41) is 3.66. The first-order valence-electron chi connectivity index (χ1n) is 5.97. The number of hydrogen-bond donors (Lipinski definition) is 2. The van der Waals surface area contributed by atoms with Crippen molar-refractivity contribution in [2.24, 2.45) is 5.73 Å². The maximum atomic E-state index is 5.98. The zero-order valence-corrected chi connectivity index (χ0v) is 12.5. The molecule has 0 unspecified atom stereocenters. The van der Waals surface area contributed by atoms with Crippen molar-refractivity contribution in [1.82, 2.24) is 0 Å². The Balaban J connectivity index is 2.17. The van der Waals surface area contributed by atoms with Gasteiger partial charge in [0.25, 0.3) is 0 Å². The molecule has 2 nitrogen and oxygen atoms in total. The topological polar surface area (TPSA) is 38.0 Å². The fourth-order valence-corrected chi connectivity index (χ4v) is 4.14. The van der Waals surface area contributed by atoms with Crippen molar-refractivity contribution in [3.05, 3.63) is 28.2 Å². The monoisotopic (exact) mass is 314 g/mol. The Hall–Kier alpha value is -0.190. The Morgan fingerprint density at radius 1 is 1.35 bits per heavy atom. The number of rotatable bonds is 3. The van der Waals surface area contributed by atoms with Crippen LogP contribution in [0.15, 0.2) is 22.7 Å². The molecule has 2 rings (SSSR count). The van der Waals surface area contributed by atoms with E-state index in [0.29, 0.717) is 6.54 Å². The van der Waals surface area contributed by atoms with E-state index in [2.05, 4.69) is 46.4 Å². The van der Waals surface area contributed by atoms with Crippen LogP contribution in [0.2, 0.25) is 0 Å². The van der Waals surface area contributed by atoms with E-state index in [0.717, 1.165) is 17.3 Å². The summed E-state index contributed by atoms with van der Waals surface area (Å²) in [6.45, 7) is 2.82. The van der Waals surface area contributed by atoms with Crippen LogP contribution >= 0.6 is 27.7 Å². The van der Waals surface area contributed by atoms with Crippen molar-refractivity contribution in [3.63, 3.8) is 0 Å². The third-order valence-electron chi connectivity index (χ3n) is 3.29. The molecule has 1 aromatic carbocycles. The largest absolute Gasteiger partial charge is 0.378 e. The van der Waals surface area contributed by atoms with Gasteiger partial charge < -0.3 is 11.1 Å². The number of hydrogen-bond acceptors (Lipinski definition) is 3. The molecule has 1 aromatic rings. The van der Waals surface area contributed by atoms with Gasteiger partial charge in [-0.15, -0.1) is 0 Å². The van der Waals surface area contributed by atoms with Crippen LogP contribution in [0, 0.1) is 6.92 Å².